The van der Waals surface area contributed by atoms with E-state index in [0.29, 0.717) is 0 Å². The number of halogens is 4. The van der Waals surface area contributed by atoms with E-state index in [4.69, 9.17) is 11.6 Å². The molecular formula is C9H5ClF3NO. The summed E-state index contributed by atoms with van der Waals surface area (Å²) in [5, 5.41) is 0. The van der Waals surface area contributed by atoms with Gasteiger partial charge in [-0.2, -0.15) is 18.2 Å². The number of rotatable bonds is 2. The number of nitrogens with zero attached hydrogens (tertiary/aromatic N) is 1. The average Bonchev–Trinajstić information content (AvgIpc) is 2.18. The molecule has 0 fully saturated rings. The van der Waals surface area contributed by atoms with Crippen LogP contribution in [-0.2, 0) is 9.79 Å². The van der Waals surface area contributed by atoms with Crippen LogP contribution in [0.15, 0.2) is 35.3 Å². The van der Waals surface area contributed by atoms with Crippen molar-refractivity contribution in [2.45, 2.75) is 11.2 Å². The Bertz CT molecular complexity index is 386. The molecule has 15 heavy (non-hydrogen) atoms. The van der Waals surface area contributed by atoms with Gasteiger partial charge in [-0.25, -0.2) is 4.79 Å². The first-order chi connectivity index (χ1) is 6.92. The third-order valence-electron chi connectivity index (χ3n) is 1.73. The molecule has 0 aliphatic heterocycles. The first-order valence-electron chi connectivity index (χ1n) is 3.82. The van der Waals surface area contributed by atoms with E-state index in [9.17, 15) is 18.0 Å². The Morgan fingerprint density at radius 1 is 1.20 bits per heavy atom. The standard InChI is InChI=1S/C9H5ClF3NO/c10-8(14-6-15,9(11,12)13)7-4-2-1-3-5-7/h1-5H. The number of aliphatic imine (C=N–C) groups is 1. The third-order valence-corrected chi connectivity index (χ3v) is 2.25. The summed E-state index contributed by atoms with van der Waals surface area (Å²) in [5.74, 6) is 0. The predicted octanol–water partition coefficient (Wildman–Crippen LogP) is 2.98. The average molecular weight is 236 g/mol. The Labute approximate surface area is 88.4 Å². The Balaban J connectivity index is 3.32. The number of benzene rings is 1. The minimum absolute atomic E-state index is 0.317. The van der Waals surface area contributed by atoms with Gasteiger partial charge in [-0.1, -0.05) is 41.9 Å². The molecule has 0 aliphatic rings. The van der Waals surface area contributed by atoms with Crippen molar-refractivity contribution in [1.29, 1.82) is 0 Å². The highest BCUT2D eigenvalue weighted by Crippen LogP contribution is 2.45. The second kappa shape index (κ2) is 4.04. The molecule has 0 bridgehead atoms. The van der Waals surface area contributed by atoms with Crippen molar-refractivity contribution in [1.82, 2.24) is 0 Å². The fraction of sp³-hybridized carbons (Fsp3) is 0.222. The maximum Gasteiger partial charge on any atom is 0.432 e. The SMILES string of the molecule is O=C=NC(Cl)(c1ccccc1)C(F)(F)F. The number of alkyl halides is 4. The molecule has 6 heteroatoms. The molecule has 1 aromatic carbocycles. The van der Waals surface area contributed by atoms with Gasteiger partial charge in [0.15, 0.2) is 0 Å². The van der Waals surface area contributed by atoms with Gasteiger partial charge in [-0.15, -0.1) is 0 Å². The fourth-order valence-corrected chi connectivity index (χ4v) is 1.17. The summed E-state index contributed by atoms with van der Waals surface area (Å²) in [7, 11) is 0. The maximum atomic E-state index is 12.6. The van der Waals surface area contributed by atoms with Crippen LogP contribution in [-0.4, -0.2) is 12.3 Å². The highest BCUT2D eigenvalue weighted by molar-refractivity contribution is 6.24. The summed E-state index contributed by atoms with van der Waals surface area (Å²) in [4.78, 5) is 9.55. The molecule has 1 aromatic rings. The molecule has 0 heterocycles. The lowest BCUT2D eigenvalue weighted by Gasteiger charge is -2.23. The van der Waals surface area contributed by atoms with Crippen molar-refractivity contribution in [2.24, 2.45) is 4.99 Å². The van der Waals surface area contributed by atoms with E-state index in [1.807, 2.05) is 0 Å². The van der Waals surface area contributed by atoms with Crippen LogP contribution >= 0.6 is 11.6 Å². The molecule has 0 saturated heterocycles. The molecular weight excluding hydrogens is 231 g/mol. The van der Waals surface area contributed by atoms with Crippen LogP contribution in [0.4, 0.5) is 13.2 Å². The molecule has 1 unspecified atom stereocenters. The number of hydrogen-bond acceptors (Lipinski definition) is 2. The normalized spacial score (nSPS) is 15.2. The van der Waals surface area contributed by atoms with Gasteiger partial charge in [0.25, 0.3) is 5.00 Å². The highest BCUT2D eigenvalue weighted by Gasteiger charge is 2.55. The summed E-state index contributed by atoms with van der Waals surface area (Å²) in [5.41, 5.74) is -0.317. The Hall–Kier alpha value is -1.32. The predicted molar refractivity (Wildman–Crippen MR) is 48.1 cm³/mol. The van der Waals surface area contributed by atoms with Gasteiger partial charge in [0.05, 0.1) is 0 Å². The molecule has 0 amide bonds. The van der Waals surface area contributed by atoms with Crippen LogP contribution in [0.3, 0.4) is 0 Å². The zero-order valence-corrected chi connectivity index (χ0v) is 8.01. The summed E-state index contributed by atoms with van der Waals surface area (Å²) in [6.07, 6.45) is -4.02. The van der Waals surface area contributed by atoms with Crippen molar-refractivity contribution < 1.29 is 18.0 Å². The van der Waals surface area contributed by atoms with E-state index >= 15 is 0 Å². The zero-order valence-electron chi connectivity index (χ0n) is 7.25. The van der Waals surface area contributed by atoms with Crippen molar-refractivity contribution in [2.75, 3.05) is 0 Å². The lowest BCUT2D eigenvalue weighted by Crippen LogP contribution is -2.35. The van der Waals surface area contributed by atoms with Gasteiger partial charge in [-0.05, 0) is 0 Å². The molecule has 0 aliphatic carbocycles. The van der Waals surface area contributed by atoms with E-state index < -0.39 is 11.2 Å². The van der Waals surface area contributed by atoms with E-state index in [-0.39, 0.29) is 5.56 Å². The molecule has 0 spiro atoms. The topological polar surface area (TPSA) is 29.4 Å². The quantitative estimate of drug-likeness (QED) is 0.335. The van der Waals surface area contributed by atoms with Crippen LogP contribution in [0, 0.1) is 0 Å². The van der Waals surface area contributed by atoms with Crippen molar-refractivity contribution in [3.8, 4) is 0 Å². The van der Waals surface area contributed by atoms with E-state index in [0.717, 1.165) is 18.2 Å². The van der Waals surface area contributed by atoms with Gasteiger partial charge in [0.2, 0.25) is 6.08 Å². The smallest absolute Gasteiger partial charge is 0.211 e. The van der Waals surface area contributed by atoms with Crippen molar-refractivity contribution in [3.05, 3.63) is 35.9 Å². The van der Waals surface area contributed by atoms with Crippen LogP contribution < -0.4 is 0 Å². The largest absolute Gasteiger partial charge is 0.432 e. The number of hydrogen-bond donors (Lipinski definition) is 0. The van der Waals surface area contributed by atoms with E-state index in [1.54, 1.807) is 0 Å². The summed E-state index contributed by atoms with van der Waals surface area (Å²) in [6, 6.07) is 6.56. The molecule has 2 nitrogen and oxygen atoms in total. The van der Waals surface area contributed by atoms with Crippen LogP contribution in [0.1, 0.15) is 5.56 Å². The number of carbonyl (C=O) groups excluding carboxylic acids is 1. The lowest BCUT2D eigenvalue weighted by molar-refractivity contribution is -0.162. The molecule has 0 N–H and O–H groups in total. The minimum atomic E-state index is -4.85. The summed E-state index contributed by atoms with van der Waals surface area (Å²) < 4.78 is 37.7. The third kappa shape index (κ3) is 2.19. The molecule has 0 aromatic heterocycles. The highest BCUT2D eigenvalue weighted by atomic mass is 35.5. The van der Waals surface area contributed by atoms with Gasteiger partial charge >= 0.3 is 6.18 Å². The Kier molecular flexibility index (Phi) is 3.17. The van der Waals surface area contributed by atoms with Gasteiger partial charge < -0.3 is 0 Å². The first-order valence-corrected chi connectivity index (χ1v) is 4.20. The Morgan fingerprint density at radius 2 is 1.73 bits per heavy atom. The molecule has 0 saturated carbocycles. The monoisotopic (exact) mass is 235 g/mol. The van der Waals surface area contributed by atoms with Crippen LogP contribution in [0.2, 0.25) is 0 Å². The van der Waals surface area contributed by atoms with Crippen LogP contribution in [0.25, 0.3) is 0 Å². The molecule has 1 rings (SSSR count). The zero-order chi connectivity index (χ0) is 11.5. The van der Waals surface area contributed by atoms with Crippen LogP contribution in [0.5, 0.6) is 0 Å². The van der Waals surface area contributed by atoms with Crippen molar-refractivity contribution in [3.63, 3.8) is 0 Å². The fourth-order valence-electron chi connectivity index (χ4n) is 1.01. The second-order valence-corrected chi connectivity index (χ2v) is 3.24. The van der Waals surface area contributed by atoms with Gasteiger partial charge in [-0.3, -0.25) is 0 Å². The molecule has 1 atom stereocenters. The lowest BCUT2D eigenvalue weighted by atomic mass is 10.1. The first kappa shape index (κ1) is 11.8. The van der Waals surface area contributed by atoms with E-state index in [2.05, 4.69) is 4.99 Å². The molecule has 0 radical (unpaired) electrons. The number of isocyanates is 1. The van der Waals surface area contributed by atoms with Gasteiger partial charge in [0.1, 0.15) is 0 Å². The maximum absolute atomic E-state index is 12.6. The van der Waals surface area contributed by atoms with Crippen molar-refractivity contribution >= 4 is 17.7 Å². The second-order valence-electron chi connectivity index (χ2n) is 2.69. The minimum Gasteiger partial charge on any atom is -0.211 e. The van der Waals surface area contributed by atoms with E-state index in [1.165, 1.54) is 18.2 Å². The summed E-state index contributed by atoms with van der Waals surface area (Å²) in [6.45, 7) is 0. The van der Waals surface area contributed by atoms with Gasteiger partial charge in [0, 0.05) is 5.56 Å². The summed E-state index contributed by atoms with van der Waals surface area (Å²) >= 11 is 5.29. The molecule has 80 valence electrons. The Morgan fingerprint density at radius 3 is 2.13 bits per heavy atom.